The predicted octanol–water partition coefficient (Wildman–Crippen LogP) is 0.726. The first kappa shape index (κ1) is 7.98. The monoisotopic (exact) mass is 200 g/mol. The molecular weight excluding hydrogens is 192 g/mol. The second kappa shape index (κ2) is 2.81. The molecule has 2 aromatic heterocycles. The molecule has 15 heavy (non-hydrogen) atoms. The number of aromatic amines is 1. The van der Waals surface area contributed by atoms with Crippen LogP contribution in [0.2, 0.25) is 0 Å². The van der Waals surface area contributed by atoms with Gasteiger partial charge in [-0.3, -0.25) is 0 Å². The number of hydrogen-bond donors (Lipinski definition) is 2. The molecule has 0 aliphatic rings. The highest BCUT2D eigenvalue weighted by atomic mass is 15.4. The number of hydrogen-bond acceptors (Lipinski definition) is 4. The van der Waals surface area contributed by atoms with Crippen molar-refractivity contribution in [3.8, 4) is 5.95 Å². The lowest BCUT2D eigenvalue weighted by atomic mass is 10.3. The van der Waals surface area contributed by atoms with Crippen LogP contribution >= 0.6 is 0 Å². The Labute approximate surface area is 84.8 Å². The van der Waals surface area contributed by atoms with Crippen molar-refractivity contribution >= 4 is 16.7 Å². The minimum absolute atomic E-state index is 0.611. The molecule has 74 valence electrons. The van der Waals surface area contributed by atoms with Crippen molar-refractivity contribution in [2.75, 3.05) is 5.73 Å². The number of H-pyrrole nitrogens is 1. The van der Waals surface area contributed by atoms with Gasteiger partial charge in [-0.05, 0) is 12.1 Å². The number of benzene rings is 1. The quantitative estimate of drug-likeness (QED) is 0.567. The summed E-state index contributed by atoms with van der Waals surface area (Å²) in [6.07, 6.45) is 3.03. The first-order valence-corrected chi connectivity index (χ1v) is 4.44. The molecule has 0 fully saturated rings. The van der Waals surface area contributed by atoms with Crippen LogP contribution in [0.3, 0.4) is 0 Å². The summed E-state index contributed by atoms with van der Waals surface area (Å²) in [5.74, 6) is 0.611. The van der Waals surface area contributed by atoms with Gasteiger partial charge in [0.2, 0.25) is 5.95 Å². The highest BCUT2D eigenvalue weighted by Crippen LogP contribution is 2.18. The van der Waals surface area contributed by atoms with Gasteiger partial charge in [0.15, 0.2) is 0 Å². The topological polar surface area (TPSA) is 85.4 Å². The van der Waals surface area contributed by atoms with E-state index < -0.39 is 0 Å². The molecule has 0 aliphatic heterocycles. The normalized spacial score (nSPS) is 10.9. The van der Waals surface area contributed by atoms with Crippen LogP contribution in [0.5, 0.6) is 0 Å². The lowest BCUT2D eigenvalue weighted by Gasteiger charge is -1.90. The van der Waals surface area contributed by atoms with Gasteiger partial charge in [0.1, 0.15) is 18.2 Å². The molecule has 0 atom stereocenters. The summed E-state index contributed by atoms with van der Waals surface area (Å²) in [7, 11) is 0. The smallest absolute Gasteiger partial charge is 0.230 e. The first-order valence-electron chi connectivity index (χ1n) is 4.44. The fourth-order valence-corrected chi connectivity index (χ4v) is 1.47. The number of anilines is 1. The van der Waals surface area contributed by atoms with Crippen molar-refractivity contribution < 1.29 is 0 Å². The number of aromatic nitrogens is 5. The molecule has 3 aromatic rings. The van der Waals surface area contributed by atoms with Crippen molar-refractivity contribution in [1.82, 2.24) is 24.7 Å². The Bertz CT molecular complexity index is 594. The number of nitrogen functional groups attached to an aromatic ring is 1. The zero-order valence-electron chi connectivity index (χ0n) is 7.75. The van der Waals surface area contributed by atoms with Crippen molar-refractivity contribution in [2.45, 2.75) is 0 Å². The first-order chi connectivity index (χ1) is 7.34. The highest BCUT2D eigenvalue weighted by Gasteiger charge is 2.06. The summed E-state index contributed by atoms with van der Waals surface area (Å²) in [5.41, 5.74) is 8.09. The van der Waals surface area contributed by atoms with Gasteiger partial charge in [-0.25, -0.2) is 9.97 Å². The molecule has 6 heteroatoms. The van der Waals surface area contributed by atoms with E-state index in [2.05, 4.69) is 20.1 Å². The summed E-state index contributed by atoms with van der Waals surface area (Å²) in [6.45, 7) is 0. The summed E-state index contributed by atoms with van der Waals surface area (Å²) >= 11 is 0. The number of fused-ring (bicyclic) bond motifs is 1. The number of nitrogens with zero attached hydrogens (tertiary/aromatic N) is 4. The van der Waals surface area contributed by atoms with Crippen LogP contribution in [0.1, 0.15) is 0 Å². The lowest BCUT2D eigenvalue weighted by Crippen LogP contribution is -1.96. The molecule has 2 heterocycles. The summed E-state index contributed by atoms with van der Waals surface area (Å²) in [4.78, 5) is 11.3. The van der Waals surface area contributed by atoms with Crippen LogP contribution in [-0.4, -0.2) is 24.7 Å². The largest absolute Gasteiger partial charge is 0.397 e. The predicted molar refractivity (Wildman–Crippen MR) is 55.4 cm³/mol. The lowest BCUT2D eigenvalue weighted by molar-refractivity contribution is 0.827. The van der Waals surface area contributed by atoms with Crippen molar-refractivity contribution in [3.63, 3.8) is 0 Å². The summed E-state index contributed by atoms with van der Waals surface area (Å²) < 4.78 is 1.56. The second-order valence-electron chi connectivity index (χ2n) is 3.14. The summed E-state index contributed by atoms with van der Waals surface area (Å²) in [6, 6.07) is 5.61. The van der Waals surface area contributed by atoms with E-state index in [9.17, 15) is 0 Å². The van der Waals surface area contributed by atoms with Crippen molar-refractivity contribution in [1.29, 1.82) is 0 Å². The van der Waals surface area contributed by atoms with Gasteiger partial charge < -0.3 is 10.7 Å². The Morgan fingerprint density at radius 1 is 1.33 bits per heavy atom. The van der Waals surface area contributed by atoms with Crippen LogP contribution in [0.4, 0.5) is 5.69 Å². The number of imidazole rings is 1. The standard InChI is InChI=1S/C9H8N6/c10-6-2-1-3-7-8(6)14-9(13-7)15-5-11-4-12-15/h1-5H,10H2,(H,13,14). The molecular formula is C9H8N6. The van der Waals surface area contributed by atoms with E-state index in [0.29, 0.717) is 11.6 Å². The molecule has 0 radical (unpaired) electrons. The second-order valence-corrected chi connectivity index (χ2v) is 3.14. The van der Waals surface area contributed by atoms with Gasteiger partial charge >= 0.3 is 0 Å². The maximum Gasteiger partial charge on any atom is 0.230 e. The van der Waals surface area contributed by atoms with Crippen molar-refractivity contribution in [2.24, 2.45) is 0 Å². The Kier molecular flexibility index (Phi) is 1.49. The minimum Gasteiger partial charge on any atom is -0.397 e. The molecule has 0 saturated heterocycles. The molecule has 6 nitrogen and oxygen atoms in total. The van der Waals surface area contributed by atoms with Crippen LogP contribution in [0.25, 0.3) is 17.0 Å². The van der Waals surface area contributed by atoms with Crippen LogP contribution in [0, 0.1) is 0 Å². The number of nitrogens with one attached hydrogen (secondary N) is 1. The van der Waals surface area contributed by atoms with Crippen molar-refractivity contribution in [3.05, 3.63) is 30.9 Å². The Morgan fingerprint density at radius 2 is 2.27 bits per heavy atom. The maximum absolute atomic E-state index is 5.80. The van der Waals surface area contributed by atoms with Gasteiger partial charge in [-0.15, -0.1) is 0 Å². The Morgan fingerprint density at radius 3 is 3.00 bits per heavy atom. The number of para-hydroxylation sites is 1. The molecule has 0 aliphatic carbocycles. The van der Waals surface area contributed by atoms with E-state index in [-0.39, 0.29) is 0 Å². The van der Waals surface area contributed by atoms with E-state index in [1.165, 1.54) is 6.33 Å². The van der Waals surface area contributed by atoms with Gasteiger partial charge in [-0.2, -0.15) is 9.78 Å². The van der Waals surface area contributed by atoms with Crippen LogP contribution < -0.4 is 5.73 Å². The molecule has 0 amide bonds. The molecule has 1 aromatic carbocycles. The zero-order chi connectivity index (χ0) is 10.3. The third kappa shape index (κ3) is 1.15. The summed E-state index contributed by atoms with van der Waals surface area (Å²) in [5, 5.41) is 3.98. The highest BCUT2D eigenvalue weighted by molar-refractivity contribution is 5.87. The third-order valence-electron chi connectivity index (χ3n) is 2.17. The fraction of sp³-hybridized carbons (Fsp3) is 0. The number of nitrogens with two attached hydrogens (primary N) is 1. The van der Waals surface area contributed by atoms with Crippen LogP contribution in [0.15, 0.2) is 30.9 Å². The molecule has 0 unspecified atom stereocenters. The van der Waals surface area contributed by atoms with E-state index in [1.807, 2.05) is 18.2 Å². The van der Waals surface area contributed by atoms with E-state index in [1.54, 1.807) is 11.0 Å². The van der Waals surface area contributed by atoms with E-state index in [0.717, 1.165) is 11.0 Å². The Balaban J connectivity index is 2.27. The average Bonchev–Trinajstić information content (AvgIpc) is 2.86. The van der Waals surface area contributed by atoms with E-state index in [4.69, 9.17) is 5.73 Å². The molecule has 0 bridgehead atoms. The molecule has 3 rings (SSSR count). The molecule has 0 saturated carbocycles. The Hall–Kier alpha value is -2.37. The third-order valence-corrected chi connectivity index (χ3v) is 2.17. The van der Waals surface area contributed by atoms with E-state index >= 15 is 0 Å². The minimum atomic E-state index is 0.611. The molecule has 3 N–H and O–H groups in total. The van der Waals surface area contributed by atoms with Crippen LogP contribution in [-0.2, 0) is 0 Å². The zero-order valence-corrected chi connectivity index (χ0v) is 7.75. The SMILES string of the molecule is Nc1cccc2[nH]c(-n3cncn3)nc12. The number of rotatable bonds is 1. The maximum atomic E-state index is 5.80. The fourth-order valence-electron chi connectivity index (χ4n) is 1.47. The molecule has 0 spiro atoms. The van der Waals surface area contributed by atoms with Gasteiger partial charge in [0, 0.05) is 0 Å². The van der Waals surface area contributed by atoms with Gasteiger partial charge in [0.05, 0.1) is 11.2 Å². The van der Waals surface area contributed by atoms with Gasteiger partial charge in [-0.1, -0.05) is 6.07 Å². The van der Waals surface area contributed by atoms with Gasteiger partial charge in [0.25, 0.3) is 0 Å². The average molecular weight is 200 g/mol.